The van der Waals surface area contributed by atoms with Crippen LogP contribution in [-0.2, 0) is 22.3 Å². The first-order valence-corrected chi connectivity index (χ1v) is 8.89. The molecule has 1 aliphatic rings. The van der Waals surface area contributed by atoms with Crippen LogP contribution in [0.1, 0.15) is 49.9 Å². The zero-order valence-electron chi connectivity index (χ0n) is 16.0. The van der Waals surface area contributed by atoms with Crippen LogP contribution in [0.15, 0.2) is 48.5 Å². The third-order valence-electron chi connectivity index (χ3n) is 5.03. The van der Waals surface area contributed by atoms with Crippen LogP contribution >= 0.6 is 0 Å². The van der Waals surface area contributed by atoms with E-state index in [0.717, 1.165) is 11.1 Å². The van der Waals surface area contributed by atoms with Crippen molar-refractivity contribution in [2.45, 2.75) is 45.2 Å². The van der Waals surface area contributed by atoms with Crippen LogP contribution in [0.25, 0.3) is 0 Å². The fourth-order valence-corrected chi connectivity index (χ4v) is 3.21. The molecule has 1 saturated heterocycles. The summed E-state index contributed by atoms with van der Waals surface area (Å²) >= 11 is 0. The first-order valence-electron chi connectivity index (χ1n) is 8.89. The van der Waals surface area contributed by atoms with Crippen molar-refractivity contribution in [3.63, 3.8) is 0 Å². The third-order valence-corrected chi connectivity index (χ3v) is 5.03. The predicted molar refractivity (Wildman–Crippen MR) is 103 cm³/mol. The van der Waals surface area contributed by atoms with Gasteiger partial charge in [0.15, 0.2) is 0 Å². The number of carbonyl (C=O) groups excluding carboxylic acids is 2. The lowest BCUT2D eigenvalue weighted by Gasteiger charge is -2.24. The van der Waals surface area contributed by atoms with Crippen molar-refractivity contribution in [3.05, 3.63) is 70.8 Å². The molecule has 1 heterocycles. The third kappa shape index (κ3) is 3.43. The van der Waals surface area contributed by atoms with Gasteiger partial charge in [-0.3, -0.25) is 9.69 Å². The van der Waals surface area contributed by atoms with Crippen LogP contribution in [0.2, 0.25) is 0 Å². The van der Waals surface area contributed by atoms with E-state index in [4.69, 9.17) is 5.26 Å². The van der Waals surface area contributed by atoms with Crippen LogP contribution < -0.4 is 5.32 Å². The second-order valence-electron chi connectivity index (χ2n) is 8.08. The summed E-state index contributed by atoms with van der Waals surface area (Å²) < 4.78 is 0. The van der Waals surface area contributed by atoms with Crippen molar-refractivity contribution in [1.82, 2.24) is 10.2 Å². The molecule has 138 valence electrons. The summed E-state index contributed by atoms with van der Waals surface area (Å²) in [5, 5.41) is 11.7. The molecule has 2 aromatic rings. The van der Waals surface area contributed by atoms with Gasteiger partial charge in [0, 0.05) is 0 Å². The quantitative estimate of drug-likeness (QED) is 0.845. The number of rotatable bonds is 3. The van der Waals surface area contributed by atoms with Gasteiger partial charge >= 0.3 is 6.03 Å². The first-order chi connectivity index (χ1) is 12.6. The number of nitrogens with zero attached hydrogens (tertiary/aromatic N) is 2. The molecule has 0 spiro atoms. The molecule has 1 aliphatic heterocycles. The summed E-state index contributed by atoms with van der Waals surface area (Å²) in [7, 11) is 0. The molecule has 0 bridgehead atoms. The van der Waals surface area contributed by atoms with Gasteiger partial charge in [0.25, 0.3) is 5.91 Å². The molecular weight excluding hydrogens is 338 g/mol. The number of hydrogen-bond acceptors (Lipinski definition) is 3. The maximum absolute atomic E-state index is 13.0. The van der Waals surface area contributed by atoms with Crippen LogP contribution in [0.4, 0.5) is 4.79 Å². The Labute approximate surface area is 159 Å². The van der Waals surface area contributed by atoms with E-state index in [1.54, 1.807) is 31.2 Å². The van der Waals surface area contributed by atoms with Gasteiger partial charge in [-0.15, -0.1) is 0 Å². The number of nitriles is 1. The van der Waals surface area contributed by atoms with Crippen molar-refractivity contribution in [1.29, 1.82) is 5.26 Å². The molecule has 1 fully saturated rings. The molecule has 3 rings (SSSR count). The molecule has 5 heteroatoms. The lowest BCUT2D eigenvalue weighted by molar-refractivity contribution is -0.131. The SMILES string of the molecule is CC(C)(C)c1ccc(C2(C)NC(=O)N(Cc3ccc(C#N)cc3)C2=O)cc1. The zero-order valence-corrected chi connectivity index (χ0v) is 16.0. The van der Waals surface area contributed by atoms with E-state index in [9.17, 15) is 9.59 Å². The molecule has 0 aliphatic carbocycles. The van der Waals surface area contributed by atoms with Gasteiger partial charge in [-0.1, -0.05) is 57.2 Å². The highest BCUT2D eigenvalue weighted by Crippen LogP contribution is 2.31. The monoisotopic (exact) mass is 361 g/mol. The molecule has 1 N–H and O–H groups in total. The van der Waals surface area contributed by atoms with Crippen LogP contribution in [0.3, 0.4) is 0 Å². The van der Waals surface area contributed by atoms with Crippen LogP contribution in [-0.4, -0.2) is 16.8 Å². The highest BCUT2D eigenvalue weighted by molar-refractivity contribution is 6.07. The topological polar surface area (TPSA) is 73.2 Å². The summed E-state index contributed by atoms with van der Waals surface area (Å²) in [6.45, 7) is 8.30. The minimum atomic E-state index is -1.08. The summed E-state index contributed by atoms with van der Waals surface area (Å²) in [5.74, 6) is -0.277. The van der Waals surface area contributed by atoms with Crippen LogP contribution in [0.5, 0.6) is 0 Å². The fraction of sp³-hybridized carbons (Fsp3) is 0.318. The Balaban J connectivity index is 1.84. The van der Waals surface area contributed by atoms with Crippen molar-refractivity contribution in [3.8, 4) is 6.07 Å². The van der Waals surface area contributed by atoms with Crippen molar-refractivity contribution in [2.75, 3.05) is 0 Å². The largest absolute Gasteiger partial charge is 0.325 e. The summed E-state index contributed by atoms with van der Waals surface area (Å²) in [6.07, 6.45) is 0. The summed E-state index contributed by atoms with van der Waals surface area (Å²) in [6, 6.07) is 16.3. The molecule has 3 amide bonds. The second kappa shape index (κ2) is 6.55. The first kappa shape index (κ1) is 18.7. The van der Waals surface area contributed by atoms with Crippen LogP contribution in [0, 0.1) is 11.3 Å². The number of amides is 3. The Morgan fingerprint density at radius 1 is 1.04 bits per heavy atom. The Hall–Kier alpha value is -3.13. The van der Waals surface area contributed by atoms with Gasteiger partial charge in [-0.05, 0) is 41.2 Å². The number of carbonyl (C=O) groups is 2. The van der Waals surface area contributed by atoms with E-state index in [2.05, 4.69) is 32.2 Å². The van der Waals surface area contributed by atoms with E-state index >= 15 is 0 Å². The second-order valence-corrected chi connectivity index (χ2v) is 8.08. The van der Waals surface area contributed by atoms with E-state index in [1.165, 1.54) is 10.5 Å². The number of urea groups is 1. The minimum absolute atomic E-state index is 0.0178. The highest BCUT2D eigenvalue weighted by Gasteiger charge is 2.48. The van der Waals surface area contributed by atoms with Crippen molar-refractivity contribution >= 4 is 11.9 Å². The molecule has 2 aromatic carbocycles. The van der Waals surface area contributed by atoms with Crippen molar-refractivity contribution in [2.24, 2.45) is 0 Å². The van der Waals surface area contributed by atoms with E-state index in [-0.39, 0.29) is 17.9 Å². The van der Waals surface area contributed by atoms with Gasteiger partial charge in [0.2, 0.25) is 0 Å². The number of nitrogens with one attached hydrogen (secondary N) is 1. The molecule has 0 radical (unpaired) electrons. The van der Waals surface area contributed by atoms with Gasteiger partial charge in [-0.2, -0.15) is 5.26 Å². The lowest BCUT2D eigenvalue weighted by Crippen LogP contribution is -2.40. The Kier molecular flexibility index (Phi) is 4.52. The van der Waals surface area contributed by atoms with Gasteiger partial charge in [0.05, 0.1) is 18.2 Å². The van der Waals surface area contributed by atoms with E-state index in [1.807, 2.05) is 24.3 Å². The Bertz CT molecular complexity index is 918. The molecule has 0 aromatic heterocycles. The van der Waals surface area contributed by atoms with Crippen molar-refractivity contribution < 1.29 is 9.59 Å². The zero-order chi connectivity index (χ0) is 19.8. The molecule has 1 unspecified atom stereocenters. The molecule has 27 heavy (non-hydrogen) atoms. The molecule has 1 atom stereocenters. The molecule has 0 saturated carbocycles. The lowest BCUT2D eigenvalue weighted by atomic mass is 9.84. The maximum Gasteiger partial charge on any atom is 0.325 e. The number of benzene rings is 2. The smallest absolute Gasteiger partial charge is 0.319 e. The Morgan fingerprint density at radius 3 is 2.15 bits per heavy atom. The Morgan fingerprint density at radius 2 is 1.63 bits per heavy atom. The summed E-state index contributed by atoms with van der Waals surface area (Å²) in [5.41, 5.74) is 2.20. The average molecular weight is 361 g/mol. The van der Waals surface area contributed by atoms with E-state index in [0.29, 0.717) is 5.56 Å². The highest BCUT2D eigenvalue weighted by atomic mass is 16.2. The number of hydrogen-bond donors (Lipinski definition) is 1. The standard InChI is InChI=1S/C22H23N3O2/c1-21(2,3)17-9-11-18(12-10-17)22(4)19(26)25(20(27)24-22)14-16-7-5-15(13-23)6-8-16/h5-12H,14H2,1-4H3,(H,24,27). The minimum Gasteiger partial charge on any atom is -0.319 e. The maximum atomic E-state index is 13.0. The predicted octanol–water partition coefficient (Wildman–Crippen LogP) is 3.82. The summed E-state index contributed by atoms with van der Waals surface area (Å²) in [4.78, 5) is 26.7. The molecular formula is C22H23N3O2. The average Bonchev–Trinajstić information content (AvgIpc) is 2.86. The van der Waals surface area contributed by atoms with Gasteiger partial charge in [0.1, 0.15) is 5.54 Å². The molecule has 5 nitrogen and oxygen atoms in total. The van der Waals surface area contributed by atoms with Gasteiger partial charge < -0.3 is 5.32 Å². The van der Waals surface area contributed by atoms with E-state index < -0.39 is 11.6 Å². The number of imide groups is 1. The normalized spacial score (nSPS) is 19.7. The van der Waals surface area contributed by atoms with Gasteiger partial charge in [-0.25, -0.2) is 4.79 Å². The fourth-order valence-electron chi connectivity index (χ4n) is 3.21.